The second-order valence-corrected chi connectivity index (χ2v) is 9.36. The quantitative estimate of drug-likeness (QED) is 0.758. The van der Waals surface area contributed by atoms with Gasteiger partial charge in [0.1, 0.15) is 11.4 Å². The molecular formula is C21H23Cl2N3O2. The topological polar surface area (TPSA) is 56.2 Å². The molecule has 148 valence electrons. The van der Waals surface area contributed by atoms with Crippen LogP contribution in [0.5, 0.6) is 5.75 Å². The average Bonchev–Trinajstić information content (AvgIpc) is 3.12. The van der Waals surface area contributed by atoms with Gasteiger partial charge in [-0.05, 0) is 80.0 Å². The van der Waals surface area contributed by atoms with Gasteiger partial charge < -0.3 is 10.1 Å². The van der Waals surface area contributed by atoms with E-state index in [1.54, 1.807) is 35.1 Å². The van der Waals surface area contributed by atoms with Crippen LogP contribution in [-0.4, -0.2) is 21.7 Å². The molecule has 0 unspecified atom stereocenters. The minimum atomic E-state index is -0.0826. The van der Waals surface area contributed by atoms with Gasteiger partial charge in [0.05, 0.1) is 5.02 Å². The van der Waals surface area contributed by atoms with Crippen molar-refractivity contribution in [3.8, 4) is 5.75 Å². The van der Waals surface area contributed by atoms with Gasteiger partial charge in [-0.2, -0.15) is 5.10 Å². The number of rotatable bonds is 5. The molecule has 5 nitrogen and oxygen atoms in total. The molecule has 4 aliphatic rings. The SMILES string of the molecule is O=C(NC1C2CC3CC(C2)CC1C3)c1ccn(COc2ccc(Cl)cc2Cl)n1. The van der Waals surface area contributed by atoms with Crippen LogP contribution >= 0.6 is 23.2 Å². The Labute approximate surface area is 174 Å². The van der Waals surface area contributed by atoms with Gasteiger partial charge in [0, 0.05) is 17.3 Å². The molecule has 1 amide bonds. The predicted octanol–water partition coefficient (Wildman–Crippen LogP) is 4.78. The molecule has 0 radical (unpaired) electrons. The maximum absolute atomic E-state index is 12.8. The van der Waals surface area contributed by atoms with E-state index in [1.807, 2.05) is 0 Å². The molecule has 6 rings (SSSR count). The number of ether oxygens (including phenoxy) is 1. The van der Waals surface area contributed by atoms with Gasteiger partial charge in [-0.15, -0.1) is 0 Å². The van der Waals surface area contributed by atoms with Crippen LogP contribution in [0.15, 0.2) is 30.5 Å². The van der Waals surface area contributed by atoms with Crippen molar-refractivity contribution < 1.29 is 9.53 Å². The van der Waals surface area contributed by atoms with Crippen LogP contribution in [0, 0.1) is 23.7 Å². The largest absolute Gasteiger partial charge is 0.470 e. The Kier molecular flexibility index (Phi) is 4.76. The lowest BCUT2D eigenvalue weighted by molar-refractivity contribution is -0.0120. The Bertz CT molecular complexity index is 870. The normalized spacial score (nSPS) is 30.4. The summed E-state index contributed by atoms with van der Waals surface area (Å²) in [4.78, 5) is 12.8. The predicted molar refractivity (Wildman–Crippen MR) is 108 cm³/mol. The van der Waals surface area contributed by atoms with Crippen LogP contribution in [-0.2, 0) is 6.73 Å². The van der Waals surface area contributed by atoms with Crippen molar-refractivity contribution >= 4 is 29.1 Å². The lowest BCUT2D eigenvalue weighted by Gasteiger charge is -2.54. The van der Waals surface area contributed by atoms with Crippen molar-refractivity contribution in [1.29, 1.82) is 0 Å². The van der Waals surface area contributed by atoms with Gasteiger partial charge >= 0.3 is 0 Å². The number of aromatic nitrogens is 2. The number of amides is 1. The second kappa shape index (κ2) is 7.27. The molecule has 2 aromatic rings. The van der Waals surface area contributed by atoms with Crippen LogP contribution in [0.25, 0.3) is 0 Å². The first kappa shape index (κ1) is 18.3. The molecule has 0 saturated heterocycles. The van der Waals surface area contributed by atoms with Crippen molar-refractivity contribution in [2.24, 2.45) is 23.7 Å². The van der Waals surface area contributed by atoms with E-state index >= 15 is 0 Å². The van der Waals surface area contributed by atoms with Crippen LogP contribution in [0.4, 0.5) is 0 Å². The van der Waals surface area contributed by atoms with Crippen LogP contribution in [0.3, 0.4) is 0 Å². The molecule has 0 spiro atoms. The monoisotopic (exact) mass is 419 g/mol. The molecular weight excluding hydrogens is 397 g/mol. The molecule has 7 heteroatoms. The molecule has 1 aromatic heterocycles. The number of benzene rings is 1. The molecule has 4 aliphatic carbocycles. The first-order valence-corrected chi connectivity index (χ1v) is 10.7. The fraction of sp³-hybridized carbons (Fsp3) is 0.524. The van der Waals surface area contributed by atoms with E-state index in [0.29, 0.717) is 39.4 Å². The Morgan fingerprint density at radius 2 is 1.82 bits per heavy atom. The van der Waals surface area contributed by atoms with Crippen molar-refractivity contribution in [3.63, 3.8) is 0 Å². The van der Waals surface area contributed by atoms with Gasteiger partial charge in [-0.1, -0.05) is 23.2 Å². The minimum absolute atomic E-state index is 0.0826. The van der Waals surface area contributed by atoms with E-state index in [1.165, 1.54) is 32.1 Å². The maximum atomic E-state index is 12.8. The lowest BCUT2D eigenvalue weighted by Crippen LogP contribution is -2.55. The Balaban J connectivity index is 1.20. The number of hydrogen-bond acceptors (Lipinski definition) is 3. The van der Waals surface area contributed by atoms with E-state index in [2.05, 4.69) is 10.4 Å². The van der Waals surface area contributed by atoms with Crippen molar-refractivity contribution in [3.05, 3.63) is 46.2 Å². The summed E-state index contributed by atoms with van der Waals surface area (Å²) in [6.07, 6.45) is 8.28. The van der Waals surface area contributed by atoms with Crippen molar-refractivity contribution in [1.82, 2.24) is 15.1 Å². The van der Waals surface area contributed by atoms with Crippen molar-refractivity contribution in [2.75, 3.05) is 0 Å². The Morgan fingerprint density at radius 3 is 2.50 bits per heavy atom. The first-order valence-electron chi connectivity index (χ1n) is 9.97. The smallest absolute Gasteiger partial charge is 0.272 e. The minimum Gasteiger partial charge on any atom is -0.470 e. The molecule has 4 saturated carbocycles. The first-order chi connectivity index (χ1) is 13.5. The summed E-state index contributed by atoms with van der Waals surface area (Å²) in [5, 5.41) is 8.66. The van der Waals surface area contributed by atoms with E-state index in [0.717, 1.165) is 11.8 Å². The zero-order chi connectivity index (χ0) is 19.3. The summed E-state index contributed by atoms with van der Waals surface area (Å²) < 4.78 is 7.27. The molecule has 28 heavy (non-hydrogen) atoms. The third-order valence-electron chi connectivity index (χ3n) is 6.64. The Morgan fingerprint density at radius 1 is 1.11 bits per heavy atom. The zero-order valence-electron chi connectivity index (χ0n) is 15.5. The van der Waals surface area contributed by atoms with E-state index < -0.39 is 0 Å². The third kappa shape index (κ3) is 3.50. The van der Waals surface area contributed by atoms with Gasteiger partial charge in [0.25, 0.3) is 5.91 Å². The maximum Gasteiger partial charge on any atom is 0.272 e. The molecule has 1 aromatic carbocycles. The number of nitrogens with zero attached hydrogens (tertiary/aromatic N) is 2. The summed E-state index contributed by atoms with van der Waals surface area (Å²) in [7, 11) is 0. The Hall–Kier alpha value is -1.72. The van der Waals surface area contributed by atoms with Crippen molar-refractivity contribution in [2.45, 2.75) is 44.9 Å². The fourth-order valence-corrected chi connectivity index (χ4v) is 6.13. The highest BCUT2D eigenvalue weighted by atomic mass is 35.5. The standard InChI is InChI=1S/C21H23Cl2N3O2/c22-16-1-2-19(17(23)10-16)28-11-26-4-3-18(25-26)21(27)24-20-14-6-12-5-13(8-14)9-15(20)7-12/h1-4,10,12-15,20H,5-9,11H2,(H,24,27). The number of nitrogens with one attached hydrogen (secondary N) is 1. The number of hydrogen-bond donors (Lipinski definition) is 1. The fourth-order valence-electron chi connectivity index (χ4n) is 5.67. The summed E-state index contributed by atoms with van der Waals surface area (Å²) >= 11 is 12.0. The van der Waals surface area contributed by atoms with E-state index in [9.17, 15) is 4.79 Å². The molecule has 4 bridgehead atoms. The van der Waals surface area contributed by atoms with Gasteiger partial charge in [-0.25, -0.2) is 4.68 Å². The molecule has 1 heterocycles. The number of carbonyl (C=O) groups excluding carboxylic acids is 1. The lowest BCUT2D eigenvalue weighted by atomic mass is 9.54. The molecule has 0 aliphatic heterocycles. The number of halogens is 2. The van der Waals surface area contributed by atoms with E-state index in [4.69, 9.17) is 27.9 Å². The van der Waals surface area contributed by atoms with Crippen LogP contribution in [0.2, 0.25) is 10.0 Å². The average molecular weight is 420 g/mol. The summed E-state index contributed by atoms with van der Waals surface area (Å²) in [6.45, 7) is 0.173. The summed E-state index contributed by atoms with van der Waals surface area (Å²) in [6, 6.07) is 7.11. The second-order valence-electron chi connectivity index (χ2n) is 8.52. The van der Waals surface area contributed by atoms with E-state index in [-0.39, 0.29) is 12.6 Å². The van der Waals surface area contributed by atoms with Crippen LogP contribution < -0.4 is 10.1 Å². The highest BCUT2D eigenvalue weighted by molar-refractivity contribution is 6.35. The van der Waals surface area contributed by atoms with Gasteiger partial charge in [0.15, 0.2) is 6.73 Å². The summed E-state index contributed by atoms with van der Waals surface area (Å²) in [5.41, 5.74) is 0.430. The highest BCUT2D eigenvalue weighted by Crippen LogP contribution is 2.53. The molecule has 0 atom stereocenters. The summed E-state index contributed by atoms with van der Waals surface area (Å²) in [5.74, 6) is 3.54. The van der Waals surface area contributed by atoms with Crippen LogP contribution in [0.1, 0.15) is 42.6 Å². The highest BCUT2D eigenvalue weighted by Gasteiger charge is 2.48. The molecule has 4 fully saturated rings. The molecule has 1 N–H and O–H groups in total. The van der Waals surface area contributed by atoms with Gasteiger partial charge in [0.2, 0.25) is 0 Å². The van der Waals surface area contributed by atoms with Gasteiger partial charge in [-0.3, -0.25) is 4.79 Å². The third-order valence-corrected chi connectivity index (χ3v) is 7.17. The zero-order valence-corrected chi connectivity index (χ0v) is 17.0. The number of carbonyl (C=O) groups is 1.